The Labute approximate surface area is 157 Å². The lowest BCUT2D eigenvalue weighted by Gasteiger charge is -2.12. The molecule has 0 aliphatic carbocycles. The van der Waals surface area contributed by atoms with Gasteiger partial charge in [-0.1, -0.05) is 0 Å². The summed E-state index contributed by atoms with van der Waals surface area (Å²) in [6.07, 6.45) is 1.11. The number of hydrogen-bond donors (Lipinski definition) is 3. The van der Waals surface area contributed by atoms with E-state index >= 15 is 0 Å². The summed E-state index contributed by atoms with van der Waals surface area (Å²) in [5.41, 5.74) is 1.37. The fourth-order valence-corrected chi connectivity index (χ4v) is 2.36. The normalized spacial score (nSPS) is 10.9. The minimum atomic E-state index is -0.753. The van der Waals surface area contributed by atoms with E-state index in [1.807, 2.05) is 0 Å². The van der Waals surface area contributed by atoms with Gasteiger partial charge in [-0.3, -0.25) is 25.1 Å². The largest absolute Gasteiger partial charge is 0.507 e. The van der Waals surface area contributed by atoms with Gasteiger partial charge < -0.3 is 15.2 Å². The smallest absolute Gasteiger partial charge is 0.270 e. The van der Waals surface area contributed by atoms with Gasteiger partial charge in [0.25, 0.3) is 16.5 Å². The summed E-state index contributed by atoms with van der Waals surface area (Å²) in [6, 6.07) is 10.1. The molecule has 0 saturated carbocycles. The minimum Gasteiger partial charge on any atom is -0.507 e. The topological polar surface area (TPSA) is 143 Å². The number of non-ortho nitro benzene ring substituents is 1. The Morgan fingerprint density at radius 2 is 1.79 bits per heavy atom. The van der Waals surface area contributed by atoms with E-state index in [1.54, 1.807) is 24.3 Å². The number of benzene rings is 2. The maximum atomic E-state index is 11.8. The number of nitro groups is 1. The zero-order chi connectivity index (χ0) is 20.3. The minimum absolute atomic E-state index is 0.0376. The molecule has 0 aliphatic rings. The van der Waals surface area contributed by atoms with Crippen LogP contribution in [0.1, 0.15) is 5.56 Å². The monoisotopic (exact) mass is 382 g/mol. The fraction of sp³-hybridized carbons (Fsp3) is 0.0556. The highest BCUT2D eigenvalue weighted by molar-refractivity contribution is 5.86. The summed E-state index contributed by atoms with van der Waals surface area (Å²) in [6.45, 7) is 0. The number of ether oxygens (including phenoxy) is 1. The van der Waals surface area contributed by atoms with E-state index in [0.717, 1.165) is 24.4 Å². The number of anilines is 3. The first-order valence-electron chi connectivity index (χ1n) is 7.91. The Hall–Kier alpha value is -4.21. The number of nitro benzene ring substituents is 1. The molecular formula is C18H14N4O6. The molecule has 0 aromatic heterocycles. The lowest BCUT2D eigenvalue weighted by molar-refractivity contribution is -0.384. The van der Waals surface area contributed by atoms with E-state index in [9.17, 15) is 24.8 Å². The second kappa shape index (κ2) is 7.58. The average Bonchev–Trinajstić information content (AvgIpc) is 2.71. The molecule has 3 aromatic carbocycles. The Balaban J connectivity index is 1.77. The maximum Gasteiger partial charge on any atom is 0.270 e. The number of hydrogen-bond acceptors (Lipinski definition) is 9. The summed E-state index contributed by atoms with van der Waals surface area (Å²) in [4.78, 5) is 33.8. The van der Waals surface area contributed by atoms with Gasteiger partial charge in [-0.05, 0) is 30.3 Å². The lowest BCUT2D eigenvalue weighted by atomic mass is 10.2. The molecule has 0 bridgehead atoms. The Bertz CT molecular complexity index is 1130. The zero-order valence-corrected chi connectivity index (χ0v) is 14.5. The van der Waals surface area contributed by atoms with Crippen LogP contribution in [0.5, 0.6) is 11.5 Å². The van der Waals surface area contributed by atoms with Gasteiger partial charge in [-0.25, -0.2) is 0 Å². The summed E-state index contributed by atoms with van der Waals surface area (Å²) >= 11 is 0. The molecule has 0 heterocycles. The number of nitrogens with one attached hydrogen (secondary N) is 2. The number of aromatic hydroxyl groups is 1. The number of methoxy groups -OCH3 is 1. The molecule has 0 fully saturated rings. The second-order valence-electron chi connectivity index (χ2n) is 5.63. The Morgan fingerprint density at radius 1 is 1.11 bits per heavy atom. The number of hydrazone groups is 1. The number of rotatable bonds is 7. The van der Waals surface area contributed by atoms with Gasteiger partial charge >= 0.3 is 0 Å². The van der Waals surface area contributed by atoms with E-state index in [-0.39, 0.29) is 28.4 Å². The van der Waals surface area contributed by atoms with Crippen LogP contribution < -0.4 is 26.3 Å². The van der Waals surface area contributed by atoms with Crippen LogP contribution in [0.3, 0.4) is 0 Å². The van der Waals surface area contributed by atoms with Crippen LogP contribution >= 0.6 is 0 Å². The van der Waals surface area contributed by atoms with Gasteiger partial charge in [-0.15, -0.1) is 0 Å². The number of phenolic OH excluding ortho intramolecular Hbond substituents is 1. The molecule has 28 heavy (non-hydrogen) atoms. The molecule has 0 saturated heterocycles. The molecule has 0 spiro atoms. The third kappa shape index (κ3) is 3.65. The highest BCUT2D eigenvalue weighted by atomic mass is 16.6. The van der Waals surface area contributed by atoms with Crippen molar-refractivity contribution < 1.29 is 14.8 Å². The van der Waals surface area contributed by atoms with Gasteiger partial charge in [-0.2, -0.15) is 5.10 Å². The molecule has 3 aromatic rings. The van der Waals surface area contributed by atoms with Crippen molar-refractivity contribution in [2.75, 3.05) is 17.9 Å². The van der Waals surface area contributed by atoms with Crippen molar-refractivity contribution in [1.29, 1.82) is 0 Å². The standard InChI is InChI=1S/C18H14N4O6/c1-28-13-5-2-11(3-6-13)20-15-16(18(25)17(15)24)21-19-9-10-8-12(22(26)27)4-7-14(10)23/h2-9,20-21,23H,1H3. The van der Waals surface area contributed by atoms with Crippen molar-refractivity contribution in [3.05, 3.63) is 78.6 Å². The van der Waals surface area contributed by atoms with Crippen LogP contribution in [0, 0.1) is 10.1 Å². The summed E-state index contributed by atoms with van der Waals surface area (Å²) in [5, 5.41) is 27.1. The van der Waals surface area contributed by atoms with Gasteiger partial charge in [0.05, 0.1) is 18.2 Å². The summed E-state index contributed by atoms with van der Waals surface area (Å²) in [5.74, 6) is 0.410. The number of nitrogens with zero attached hydrogens (tertiary/aromatic N) is 2. The molecule has 10 heteroatoms. The molecule has 0 aliphatic heterocycles. The van der Waals surface area contributed by atoms with Crippen LogP contribution in [0.2, 0.25) is 0 Å². The fourth-order valence-electron chi connectivity index (χ4n) is 2.36. The maximum absolute atomic E-state index is 11.8. The predicted molar refractivity (Wildman–Crippen MR) is 104 cm³/mol. The van der Waals surface area contributed by atoms with Crippen LogP contribution in [-0.4, -0.2) is 23.4 Å². The molecular weight excluding hydrogens is 368 g/mol. The third-order valence-corrected chi connectivity index (χ3v) is 3.87. The highest BCUT2D eigenvalue weighted by Crippen LogP contribution is 2.24. The SMILES string of the molecule is COc1ccc(Nc2c(NN=Cc3cc([N+](=O)[O-])ccc3O)c(=O)c2=O)cc1. The highest BCUT2D eigenvalue weighted by Gasteiger charge is 2.20. The number of phenols is 1. The molecule has 0 radical (unpaired) electrons. The molecule has 3 N–H and O–H groups in total. The zero-order valence-electron chi connectivity index (χ0n) is 14.5. The molecule has 142 valence electrons. The van der Waals surface area contributed by atoms with E-state index in [0.29, 0.717) is 11.4 Å². The third-order valence-electron chi connectivity index (χ3n) is 3.87. The molecule has 0 unspecified atom stereocenters. The average molecular weight is 382 g/mol. The predicted octanol–water partition coefficient (Wildman–Crippen LogP) is 2.09. The first-order valence-corrected chi connectivity index (χ1v) is 7.91. The van der Waals surface area contributed by atoms with Crippen LogP contribution in [0.15, 0.2) is 57.2 Å². The van der Waals surface area contributed by atoms with Crippen molar-refractivity contribution >= 4 is 29.0 Å². The quantitative estimate of drug-likeness (QED) is 0.244. The van der Waals surface area contributed by atoms with Gasteiger partial charge in [0, 0.05) is 23.4 Å². The van der Waals surface area contributed by atoms with Crippen LogP contribution in [0.25, 0.3) is 0 Å². The first-order chi connectivity index (χ1) is 13.4. The Morgan fingerprint density at radius 3 is 2.43 bits per heavy atom. The van der Waals surface area contributed by atoms with Gasteiger partial charge in [0.2, 0.25) is 0 Å². The van der Waals surface area contributed by atoms with Crippen molar-refractivity contribution in [3.8, 4) is 11.5 Å². The second-order valence-corrected chi connectivity index (χ2v) is 5.63. The van der Waals surface area contributed by atoms with Crippen molar-refractivity contribution in [1.82, 2.24) is 0 Å². The van der Waals surface area contributed by atoms with Gasteiger partial charge in [0.1, 0.15) is 22.9 Å². The lowest BCUT2D eigenvalue weighted by Crippen LogP contribution is -2.35. The van der Waals surface area contributed by atoms with Gasteiger partial charge in [0.15, 0.2) is 0 Å². The van der Waals surface area contributed by atoms with Crippen LogP contribution in [-0.2, 0) is 0 Å². The van der Waals surface area contributed by atoms with E-state index in [4.69, 9.17) is 4.74 Å². The van der Waals surface area contributed by atoms with E-state index in [1.165, 1.54) is 7.11 Å². The molecule has 3 rings (SSSR count). The summed E-state index contributed by atoms with van der Waals surface area (Å²) < 4.78 is 5.05. The van der Waals surface area contributed by atoms with Crippen LogP contribution in [0.4, 0.5) is 22.7 Å². The molecule has 0 amide bonds. The van der Waals surface area contributed by atoms with Crippen molar-refractivity contribution in [3.63, 3.8) is 0 Å². The first kappa shape index (κ1) is 18.6. The molecule has 0 atom stereocenters. The van der Waals surface area contributed by atoms with Crippen molar-refractivity contribution in [2.24, 2.45) is 5.10 Å². The summed E-state index contributed by atoms with van der Waals surface area (Å²) in [7, 11) is 1.53. The molecule has 10 nitrogen and oxygen atoms in total. The Kier molecular flexibility index (Phi) is 5.03. The van der Waals surface area contributed by atoms with Crippen molar-refractivity contribution in [2.45, 2.75) is 0 Å². The van der Waals surface area contributed by atoms with E-state index < -0.39 is 15.8 Å². The van der Waals surface area contributed by atoms with E-state index in [2.05, 4.69) is 15.8 Å².